The molecule has 0 aliphatic carbocycles. The standard InChI is InChI=1S/C10H15N3O6S/c1-4-18-9(14)7-6-11-13(3)8(7)20(16,17)12-10(15)19-5-2/h6H,4-5H2,1-3H3,(H,12,15). The minimum Gasteiger partial charge on any atom is -0.462 e. The second-order valence-corrected chi connectivity index (χ2v) is 5.13. The number of nitrogens with one attached hydrogen (secondary N) is 1. The van der Waals surface area contributed by atoms with Gasteiger partial charge in [-0.3, -0.25) is 4.68 Å². The summed E-state index contributed by atoms with van der Waals surface area (Å²) in [5.41, 5.74) is -0.258. The van der Waals surface area contributed by atoms with Crippen molar-refractivity contribution in [3.05, 3.63) is 11.8 Å². The zero-order valence-electron chi connectivity index (χ0n) is 11.2. The number of aromatic nitrogens is 2. The minimum atomic E-state index is -4.29. The van der Waals surface area contributed by atoms with Crippen molar-refractivity contribution < 1.29 is 27.5 Å². The molecule has 1 aromatic heterocycles. The van der Waals surface area contributed by atoms with E-state index in [1.807, 2.05) is 0 Å². The van der Waals surface area contributed by atoms with Gasteiger partial charge in [-0.25, -0.2) is 14.3 Å². The van der Waals surface area contributed by atoms with Crippen LogP contribution in [0.15, 0.2) is 11.2 Å². The van der Waals surface area contributed by atoms with Gasteiger partial charge in [-0.2, -0.15) is 13.5 Å². The van der Waals surface area contributed by atoms with E-state index in [0.717, 1.165) is 10.9 Å². The quantitative estimate of drug-likeness (QED) is 0.763. The summed E-state index contributed by atoms with van der Waals surface area (Å²) in [4.78, 5) is 22.9. The average Bonchev–Trinajstić information content (AvgIpc) is 2.71. The Balaban J connectivity index is 3.15. The van der Waals surface area contributed by atoms with E-state index >= 15 is 0 Å². The molecule has 0 aliphatic rings. The lowest BCUT2D eigenvalue weighted by Crippen LogP contribution is -2.33. The molecule has 0 bridgehead atoms. The number of sulfonamides is 1. The van der Waals surface area contributed by atoms with E-state index in [0.29, 0.717) is 0 Å². The number of hydrogen-bond acceptors (Lipinski definition) is 7. The molecule has 10 heteroatoms. The maximum absolute atomic E-state index is 12.0. The summed E-state index contributed by atoms with van der Waals surface area (Å²) in [6.07, 6.45) is -0.0824. The van der Waals surface area contributed by atoms with Crippen molar-refractivity contribution in [3.8, 4) is 0 Å². The van der Waals surface area contributed by atoms with Crippen LogP contribution in [0.25, 0.3) is 0 Å². The highest BCUT2D eigenvalue weighted by atomic mass is 32.2. The largest absolute Gasteiger partial charge is 0.462 e. The van der Waals surface area contributed by atoms with Gasteiger partial charge in [-0.05, 0) is 13.8 Å². The highest BCUT2D eigenvalue weighted by molar-refractivity contribution is 7.90. The molecule has 1 amide bonds. The van der Waals surface area contributed by atoms with Crippen molar-refractivity contribution in [3.63, 3.8) is 0 Å². The van der Waals surface area contributed by atoms with Crippen molar-refractivity contribution in [2.45, 2.75) is 18.9 Å². The second kappa shape index (κ2) is 6.37. The molecule has 0 unspecified atom stereocenters. The van der Waals surface area contributed by atoms with Gasteiger partial charge in [-0.15, -0.1) is 0 Å². The van der Waals surface area contributed by atoms with E-state index in [2.05, 4.69) is 9.84 Å². The smallest absolute Gasteiger partial charge is 0.421 e. The molecule has 0 saturated heterocycles. The molecule has 0 saturated carbocycles. The summed E-state index contributed by atoms with van der Waals surface area (Å²) in [6, 6.07) is 0. The Morgan fingerprint density at radius 1 is 1.30 bits per heavy atom. The number of carbonyl (C=O) groups excluding carboxylic acids is 2. The summed E-state index contributed by atoms with van der Waals surface area (Å²) in [5.74, 6) is -0.843. The summed E-state index contributed by atoms with van der Waals surface area (Å²) < 4.78 is 35.9. The number of ether oxygens (including phenoxy) is 2. The van der Waals surface area contributed by atoms with E-state index in [4.69, 9.17) is 4.74 Å². The lowest BCUT2D eigenvalue weighted by atomic mass is 10.4. The Bertz CT molecular complexity index is 607. The molecule has 0 aliphatic heterocycles. The van der Waals surface area contributed by atoms with Crippen molar-refractivity contribution in [1.29, 1.82) is 0 Å². The molecule has 0 fully saturated rings. The minimum absolute atomic E-state index is 0.0114. The molecular formula is C10H15N3O6S. The van der Waals surface area contributed by atoms with Crippen LogP contribution in [0.5, 0.6) is 0 Å². The van der Waals surface area contributed by atoms with Gasteiger partial charge in [0.25, 0.3) is 10.0 Å². The molecule has 1 rings (SSSR count). The molecule has 0 spiro atoms. The van der Waals surface area contributed by atoms with Crippen LogP contribution < -0.4 is 4.72 Å². The summed E-state index contributed by atoms with van der Waals surface area (Å²) in [7, 11) is -2.97. The molecule has 1 heterocycles. The van der Waals surface area contributed by atoms with Gasteiger partial charge >= 0.3 is 12.1 Å². The Labute approximate surface area is 115 Å². The van der Waals surface area contributed by atoms with Gasteiger partial charge < -0.3 is 9.47 Å². The highest BCUT2D eigenvalue weighted by Gasteiger charge is 2.30. The van der Waals surface area contributed by atoms with Crippen LogP contribution in [0, 0.1) is 0 Å². The molecule has 0 aromatic carbocycles. The predicted molar refractivity (Wildman–Crippen MR) is 66.5 cm³/mol. The number of carbonyl (C=O) groups is 2. The maximum atomic E-state index is 12.0. The molecule has 1 aromatic rings. The van der Waals surface area contributed by atoms with Crippen LogP contribution in [-0.4, -0.2) is 43.5 Å². The SMILES string of the molecule is CCOC(=O)NS(=O)(=O)c1c(C(=O)OCC)cnn1C. The highest BCUT2D eigenvalue weighted by Crippen LogP contribution is 2.15. The number of hydrogen-bond donors (Lipinski definition) is 1. The van der Waals surface area contributed by atoms with E-state index in [9.17, 15) is 18.0 Å². The van der Waals surface area contributed by atoms with Crippen LogP contribution in [0.3, 0.4) is 0 Å². The molecule has 9 nitrogen and oxygen atoms in total. The fraction of sp³-hybridized carbons (Fsp3) is 0.500. The van der Waals surface area contributed by atoms with Crippen molar-refractivity contribution >= 4 is 22.1 Å². The Kier molecular flexibility index (Phi) is 5.08. The first-order chi connectivity index (χ1) is 9.33. The van der Waals surface area contributed by atoms with Crippen LogP contribution in [0.2, 0.25) is 0 Å². The van der Waals surface area contributed by atoms with Gasteiger partial charge in [0.05, 0.1) is 19.4 Å². The van der Waals surface area contributed by atoms with E-state index in [-0.39, 0.29) is 18.8 Å². The first-order valence-corrected chi connectivity index (χ1v) is 7.20. The fourth-order valence-corrected chi connectivity index (χ4v) is 2.61. The van der Waals surface area contributed by atoms with E-state index < -0.39 is 27.1 Å². The lowest BCUT2D eigenvalue weighted by molar-refractivity contribution is 0.0521. The summed E-state index contributed by atoms with van der Waals surface area (Å²) in [5, 5.41) is 3.22. The lowest BCUT2D eigenvalue weighted by Gasteiger charge is -2.08. The number of rotatable bonds is 5. The third-order valence-corrected chi connectivity index (χ3v) is 3.56. The molecule has 1 N–H and O–H groups in total. The van der Waals surface area contributed by atoms with Gasteiger partial charge in [0.2, 0.25) is 0 Å². The monoisotopic (exact) mass is 305 g/mol. The van der Waals surface area contributed by atoms with Gasteiger partial charge in [0, 0.05) is 7.05 Å². The predicted octanol–water partition coefficient (Wildman–Crippen LogP) is 0.0316. The number of nitrogens with zero attached hydrogens (tertiary/aromatic N) is 2. The van der Waals surface area contributed by atoms with Crippen molar-refractivity contribution in [1.82, 2.24) is 14.5 Å². The summed E-state index contributed by atoms with van der Waals surface area (Å²) >= 11 is 0. The van der Waals surface area contributed by atoms with Crippen molar-refractivity contribution in [2.75, 3.05) is 13.2 Å². The van der Waals surface area contributed by atoms with Gasteiger partial charge in [0.1, 0.15) is 5.56 Å². The topological polar surface area (TPSA) is 117 Å². The third-order valence-electron chi connectivity index (χ3n) is 2.13. The maximum Gasteiger partial charge on any atom is 0.421 e. The van der Waals surface area contributed by atoms with Gasteiger partial charge in [-0.1, -0.05) is 0 Å². The Hall–Kier alpha value is -2.10. The molecule has 0 atom stereocenters. The summed E-state index contributed by atoms with van der Waals surface area (Å²) in [6.45, 7) is 3.20. The van der Waals surface area contributed by atoms with Crippen LogP contribution in [-0.2, 0) is 26.5 Å². The third kappa shape index (κ3) is 3.47. The molecule has 112 valence electrons. The number of aryl methyl sites for hydroxylation is 1. The number of esters is 1. The average molecular weight is 305 g/mol. The second-order valence-electron chi connectivity index (χ2n) is 3.53. The van der Waals surface area contributed by atoms with Gasteiger partial charge in [0.15, 0.2) is 5.03 Å². The number of amides is 1. The van der Waals surface area contributed by atoms with Crippen molar-refractivity contribution in [2.24, 2.45) is 7.05 Å². The first kappa shape index (κ1) is 16.0. The Morgan fingerprint density at radius 2 is 1.90 bits per heavy atom. The Morgan fingerprint density at radius 3 is 2.45 bits per heavy atom. The zero-order valence-corrected chi connectivity index (χ0v) is 12.1. The zero-order chi connectivity index (χ0) is 15.3. The molecular weight excluding hydrogens is 290 g/mol. The van der Waals surface area contributed by atoms with E-state index in [1.165, 1.54) is 14.0 Å². The van der Waals surface area contributed by atoms with Crippen LogP contribution in [0.1, 0.15) is 24.2 Å². The normalized spacial score (nSPS) is 10.9. The van der Waals surface area contributed by atoms with E-state index in [1.54, 1.807) is 11.6 Å². The molecule has 20 heavy (non-hydrogen) atoms. The first-order valence-electron chi connectivity index (χ1n) is 5.72. The molecule has 0 radical (unpaired) electrons. The van der Waals surface area contributed by atoms with Crippen LogP contribution >= 0.6 is 0 Å². The van der Waals surface area contributed by atoms with Crippen LogP contribution in [0.4, 0.5) is 4.79 Å². The fourth-order valence-electron chi connectivity index (χ4n) is 1.41.